The van der Waals surface area contributed by atoms with Gasteiger partial charge in [0.25, 0.3) is 0 Å². The fourth-order valence-electron chi connectivity index (χ4n) is 2.76. The maximum atomic E-state index is 14.4. The van der Waals surface area contributed by atoms with Gasteiger partial charge in [-0.05, 0) is 43.0 Å². The number of halogens is 4. The first-order valence-electron chi connectivity index (χ1n) is 8.26. The van der Waals surface area contributed by atoms with E-state index in [0.29, 0.717) is 12.8 Å². The monoisotopic (exact) mass is 400 g/mol. The lowest BCUT2D eigenvalue weighted by molar-refractivity contribution is -0.275. The quantitative estimate of drug-likeness (QED) is 0.494. The lowest BCUT2D eigenvalue weighted by Crippen LogP contribution is -2.19. The van der Waals surface area contributed by atoms with E-state index in [0.717, 1.165) is 6.07 Å². The molecule has 1 aliphatic rings. The van der Waals surface area contributed by atoms with Gasteiger partial charge in [-0.25, -0.2) is 9.18 Å². The third-order valence-electron chi connectivity index (χ3n) is 4.10. The first-order valence-corrected chi connectivity index (χ1v) is 8.26. The Hall–Kier alpha value is -2.97. The van der Waals surface area contributed by atoms with Crippen LogP contribution >= 0.6 is 0 Å². The number of alkyl halides is 3. The summed E-state index contributed by atoms with van der Waals surface area (Å²) in [6.07, 6.45) is -3.87. The highest BCUT2D eigenvalue weighted by Gasteiger charge is 2.40. The summed E-state index contributed by atoms with van der Waals surface area (Å²) in [4.78, 5) is 11.5. The van der Waals surface area contributed by atoms with Gasteiger partial charge in [0.05, 0.1) is 19.8 Å². The van der Waals surface area contributed by atoms with Gasteiger partial charge < -0.3 is 18.9 Å². The normalized spacial score (nSPS) is 13.8. The van der Waals surface area contributed by atoms with Crippen molar-refractivity contribution in [3.63, 3.8) is 0 Å². The number of benzene rings is 2. The zero-order chi connectivity index (χ0) is 20.5. The molecule has 1 saturated carbocycles. The second-order valence-electron chi connectivity index (χ2n) is 6.07. The van der Waals surface area contributed by atoms with Gasteiger partial charge in [-0.1, -0.05) is 0 Å². The zero-order valence-electron chi connectivity index (χ0n) is 14.9. The lowest BCUT2D eigenvalue weighted by Gasteiger charge is -2.19. The molecule has 0 heterocycles. The average molecular weight is 400 g/mol. The first kappa shape index (κ1) is 19.8. The standard InChI is InChI=1S/C19H16F4O5/c1-25-17-14(27-12-7-5-11(6-8-12)18(24)26-2)9-13(20)16(28-19(21,22)23)15(17)10-3-4-10/h5-10H,3-4H2,1-2H3. The van der Waals surface area contributed by atoms with Crippen LogP contribution in [-0.4, -0.2) is 26.6 Å². The van der Waals surface area contributed by atoms with E-state index in [1.54, 1.807) is 0 Å². The molecule has 0 bridgehead atoms. The van der Waals surface area contributed by atoms with E-state index in [4.69, 9.17) is 9.47 Å². The molecular formula is C19H16F4O5. The molecular weight excluding hydrogens is 384 g/mol. The number of methoxy groups -OCH3 is 2. The Kier molecular flexibility index (Phi) is 5.35. The van der Waals surface area contributed by atoms with E-state index < -0.39 is 23.9 Å². The Morgan fingerprint density at radius 2 is 1.71 bits per heavy atom. The highest BCUT2D eigenvalue weighted by molar-refractivity contribution is 5.89. The first-order chi connectivity index (χ1) is 13.2. The van der Waals surface area contributed by atoms with Crippen molar-refractivity contribution in [2.75, 3.05) is 14.2 Å². The maximum Gasteiger partial charge on any atom is 0.573 e. The molecule has 28 heavy (non-hydrogen) atoms. The van der Waals surface area contributed by atoms with Crippen molar-refractivity contribution in [3.05, 3.63) is 47.3 Å². The molecule has 150 valence electrons. The summed E-state index contributed by atoms with van der Waals surface area (Å²) >= 11 is 0. The van der Waals surface area contributed by atoms with E-state index in [9.17, 15) is 22.4 Å². The summed E-state index contributed by atoms with van der Waals surface area (Å²) in [5.74, 6) is -2.85. The van der Waals surface area contributed by atoms with Crippen molar-refractivity contribution in [2.45, 2.75) is 25.1 Å². The van der Waals surface area contributed by atoms with E-state index >= 15 is 0 Å². The summed E-state index contributed by atoms with van der Waals surface area (Å²) in [5, 5.41) is 0. The largest absolute Gasteiger partial charge is 0.573 e. The van der Waals surface area contributed by atoms with Gasteiger partial charge in [0, 0.05) is 11.6 Å². The van der Waals surface area contributed by atoms with Crippen molar-refractivity contribution in [3.8, 4) is 23.0 Å². The molecule has 9 heteroatoms. The van der Waals surface area contributed by atoms with Crippen LogP contribution in [0.5, 0.6) is 23.0 Å². The summed E-state index contributed by atoms with van der Waals surface area (Å²) < 4.78 is 71.9. The Morgan fingerprint density at radius 1 is 1.07 bits per heavy atom. The van der Waals surface area contributed by atoms with Crippen molar-refractivity contribution >= 4 is 5.97 Å². The number of hydrogen-bond donors (Lipinski definition) is 0. The van der Waals surface area contributed by atoms with E-state index in [1.165, 1.54) is 38.5 Å². The van der Waals surface area contributed by atoms with Gasteiger partial charge in [-0.2, -0.15) is 0 Å². The van der Waals surface area contributed by atoms with Gasteiger partial charge in [0.2, 0.25) is 0 Å². The minimum Gasteiger partial charge on any atom is -0.492 e. The Labute approximate surface area is 157 Å². The zero-order valence-corrected chi connectivity index (χ0v) is 14.9. The fourth-order valence-corrected chi connectivity index (χ4v) is 2.76. The molecule has 5 nitrogen and oxygen atoms in total. The molecule has 1 aliphatic carbocycles. The van der Waals surface area contributed by atoms with Crippen LogP contribution in [0, 0.1) is 5.82 Å². The summed E-state index contributed by atoms with van der Waals surface area (Å²) in [7, 11) is 2.49. The van der Waals surface area contributed by atoms with Crippen molar-refractivity contribution in [1.82, 2.24) is 0 Å². The summed E-state index contributed by atoms with van der Waals surface area (Å²) in [5.41, 5.74) is 0.265. The smallest absolute Gasteiger partial charge is 0.492 e. The number of hydrogen-bond acceptors (Lipinski definition) is 5. The minimum absolute atomic E-state index is 0.0130. The number of esters is 1. The van der Waals surface area contributed by atoms with E-state index in [-0.39, 0.29) is 34.3 Å². The van der Waals surface area contributed by atoms with Gasteiger partial charge in [0.15, 0.2) is 23.1 Å². The molecule has 2 aromatic rings. The minimum atomic E-state index is -5.04. The molecule has 0 saturated heterocycles. The SMILES string of the molecule is COC(=O)c1ccc(Oc2cc(F)c(OC(F)(F)F)c(C3CC3)c2OC)cc1. The molecule has 0 N–H and O–H groups in total. The second kappa shape index (κ2) is 7.57. The maximum absolute atomic E-state index is 14.4. The number of rotatable bonds is 6. The summed E-state index contributed by atoms with van der Waals surface area (Å²) in [6.45, 7) is 0. The van der Waals surface area contributed by atoms with Crippen molar-refractivity contribution in [2.24, 2.45) is 0 Å². The predicted molar refractivity (Wildman–Crippen MR) is 89.5 cm³/mol. The second-order valence-corrected chi connectivity index (χ2v) is 6.07. The molecule has 0 aliphatic heterocycles. The molecule has 2 aromatic carbocycles. The predicted octanol–water partition coefficient (Wildman–Crippen LogP) is 5.19. The third kappa shape index (κ3) is 4.29. The highest BCUT2D eigenvalue weighted by Crippen LogP contribution is 2.54. The lowest BCUT2D eigenvalue weighted by atomic mass is 10.1. The molecule has 0 unspecified atom stereocenters. The highest BCUT2D eigenvalue weighted by atomic mass is 19.4. The number of carbonyl (C=O) groups is 1. The molecule has 3 rings (SSSR count). The fraction of sp³-hybridized carbons (Fsp3) is 0.316. The van der Waals surface area contributed by atoms with E-state index in [2.05, 4.69) is 9.47 Å². The molecule has 0 atom stereocenters. The molecule has 0 amide bonds. The van der Waals surface area contributed by atoms with Gasteiger partial charge in [0.1, 0.15) is 5.75 Å². The van der Waals surface area contributed by atoms with Crippen LogP contribution in [0.4, 0.5) is 17.6 Å². The van der Waals surface area contributed by atoms with Crippen molar-refractivity contribution in [1.29, 1.82) is 0 Å². The van der Waals surface area contributed by atoms with Gasteiger partial charge in [-0.3, -0.25) is 0 Å². The van der Waals surface area contributed by atoms with Gasteiger partial charge in [-0.15, -0.1) is 13.2 Å². The van der Waals surface area contributed by atoms with Crippen LogP contribution in [0.25, 0.3) is 0 Å². The number of carbonyl (C=O) groups excluding carboxylic acids is 1. The third-order valence-corrected chi connectivity index (χ3v) is 4.10. The molecule has 0 spiro atoms. The van der Waals surface area contributed by atoms with Crippen LogP contribution < -0.4 is 14.2 Å². The van der Waals surface area contributed by atoms with E-state index in [1.807, 2.05) is 0 Å². The van der Waals surface area contributed by atoms with Crippen LogP contribution in [0.3, 0.4) is 0 Å². The average Bonchev–Trinajstić information content (AvgIpc) is 3.47. The Balaban J connectivity index is 1.98. The summed E-state index contributed by atoms with van der Waals surface area (Å²) in [6, 6.07) is 6.54. The van der Waals surface area contributed by atoms with Crippen LogP contribution in [-0.2, 0) is 4.74 Å². The van der Waals surface area contributed by atoms with Gasteiger partial charge >= 0.3 is 12.3 Å². The number of ether oxygens (including phenoxy) is 4. The Bertz CT molecular complexity index is 873. The molecule has 0 radical (unpaired) electrons. The van der Waals surface area contributed by atoms with Crippen LogP contribution in [0.1, 0.15) is 34.7 Å². The van der Waals surface area contributed by atoms with Crippen molar-refractivity contribution < 1.29 is 41.3 Å². The van der Waals surface area contributed by atoms with Crippen LogP contribution in [0.2, 0.25) is 0 Å². The molecule has 1 fully saturated rings. The van der Waals surface area contributed by atoms with Crippen LogP contribution in [0.15, 0.2) is 30.3 Å². The molecule has 0 aromatic heterocycles. The Morgan fingerprint density at radius 3 is 2.21 bits per heavy atom. The topological polar surface area (TPSA) is 54.0 Å².